The third-order valence-electron chi connectivity index (χ3n) is 5.18. The number of hydrogen-bond donors (Lipinski definition) is 0. The molecule has 0 atom stereocenters. The summed E-state index contributed by atoms with van der Waals surface area (Å²) in [5.41, 5.74) is 3.96. The van der Waals surface area contributed by atoms with Crippen LogP contribution in [0.4, 0.5) is 0 Å². The summed E-state index contributed by atoms with van der Waals surface area (Å²) in [5, 5.41) is 2.49. The highest BCUT2D eigenvalue weighted by Gasteiger charge is 2.34. The van der Waals surface area contributed by atoms with Gasteiger partial charge in [0.05, 0.1) is 0 Å². The molecule has 0 aliphatic heterocycles. The average molecular weight is 410 g/mol. The first kappa shape index (κ1) is 21.6. The lowest BCUT2D eigenvalue weighted by atomic mass is 10.1. The van der Waals surface area contributed by atoms with Crippen LogP contribution < -0.4 is 10.6 Å². The Balaban J connectivity index is 2.34. The van der Waals surface area contributed by atoms with Gasteiger partial charge >= 0.3 is 0 Å². The zero-order chi connectivity index (χ0) is 21.6. The minimum Gasteiger partial charge on any atom is -0.309 e. The van der Waals surface area contributed by atoms with Crippen molar-refractivity contribution >= 4 is 17.8 Å². The first-order valence-electron chi connectivity index (χ1n) is 10.1. The molecule has 30 heavy (non-hydrogen) atoms. The summed E-state index contributed by atoms with van der Waals surface area (Å²) in [4.78, 5) is 0. The Bertz CT molecular complexity index is 1130. The molecule has 0 aromatic heterocycles. The van der Waals surface area contributed by atoms with Gasteiger partial charge in [0.2, 0.25) is 0 Å². The lowest BCUT2D eigenvalue weighted by Crippen LogP contribution is -2.19. The van der Waals surface area contributed by atoms with E-state index >= 15 is 0 Å². The first-order valence-corrected chi connectivity index (χ1v) is 11.8. The Morgan fingerprint density at radius 2 is 1.10 bits per heavy atom. The van der Waals surface area contributed by atoms with Gasteiger partial charge in [-0.05, 0) is 45.4 Å². The molecule has 0 fully saturated rings. The van der Waals surface area contributed by atoms with E-state index in [0.29, 0.717) is 0 Å². The predicted molar refractivity (Wildman–Crippen MR) is 130 cm³/mol. The standard InChI is InChI=1S/C28H27OP/c1-22(2)24(4)28(23(3)20-21-25-14-8-5-9-15-25)30(29,26-16-10-6-11-17-26)27-18-12-7-13-19-27/h5-19H,1-4H3/b28-23+. The van der Waals surface area contributed by atoms with Crippen molar-refractivity contribution in [1.29, 1.82) is 0 Å². The molecule has 0 heterocycles. The third kappa shape index (κ3) is 4.56. The highest BCUT2D eigenvalue weighted by Crippen LogP contribution is 2.56. The summed E-state index contributed by atoms with van der Waals surface area (Å²) in [6.45, 7) is 8.16. The van der Waals surface area contributed by atoms with Crippen LogP contribution in [0.25, 0.3) is 0 Å². The summed E-state index contributed by atoms with van der Waals surface area (Å²) in [6.07, 6.45) is 0. The molecule has 3 aromatic rings. The fourth-order valence-electron chi connectivity index (χ4n) is 3.42. The second-order valence-electron chi connectivity index (χ2n) is 7.50. The van der Waals surface area contributed by atoms with E-state index in [1.54, 1.807) is 0 Å². The molecule has 3 rings (SSSR count). The molecule has 0 radical (unpaired) electrons. The van der Waals surface area contributed by atoms with Crippen molar-refractivity contribution in [2.45, 2.75) is 27.7 Å². The fraction of sp³-hybridized carbons (Fsp3) is 0.143. The van der Waals surface area contributed by atoms with Crippen LogP contribution in [-0.4, -0.2) is 0 Å². The molecule has 150 valence electrons. The zero-order valence-corrected chi connectivity index (χ0v) is 18.9. The lowest BCUT2D eigenvalue weighted by molar-refractivity contribution is 0.590. The Kier molecular flexibility index (Phi) is 6.94. The molecule has 0 saturated heterocycles. The van der Waals surface area contributed by atoms with Crippen LogP contribution in [0.2, 0.25) is 0 Å². The highest BCUT2D eigenvalue weighted by molar-refractivity contribution is 7.82. The molecule has 0 aliphatic rings. The quantitative estimate of drug-likeness (QED) is 0.266. The van der Waals surface area contributed by atoms with Gasteiger partial charge in [0, 0.05) is 27.1 Å². The summed E-state index contributed by atoms with van der Waals surface area (Å²) in [7, 11) is -3.10. The second-order valence-corrected chi connectivity index (χ2v) is 10.2. The maximum atomic E-state index is 15.0. The minimum absolute atomic E-state index is 0.827. The van der Waals surface area contributed by atoms with E-state index in [-0.39, 0.29) is 0 Å². The SMILES string of the molecule is CC(C)=C(C)/C(=C(/C)C#Cc1ccccc1)P(=O)(c1ccccc1)c1ccccc1. The van der Waals surface area contributed by atoms with E-state index < -0.39 is 7.14 Å². The first-order chi connectivity index (χ1) is 14.4. The number of hydrogen-bond acceptors (Lipinski definition) is 1. The van der Waals surface area contributed by atoms with Gasteiger partial charge in [-0.3, -0.25) is 0 Å². The summed E-state index contributed by atoms with van der Waals surface area (Å²) in [5.74, 6) is 6.55. The van der Waals surface area contributed by atoms with Crippen molar-refractivity contribution in [3.8, 4) is 11.8 Å². The van der Waals surface area contributed by atoms with Crippen LogP contribution >= 0.6 is 7.14 Å². The van der Waals surface area contributed by atoms with E-state index in [2.05, 4.69) is 32.6 Å². The molecular formula is C28H27OP. The van der Waals surface area contributed by atoms with E-state index in [1.807, 2.05) is 97.9 Å². The molecule has 2 heteroatoms. The Morgan fingerprint density at radius 3 is 1.53 bits per heavy atom. The summed E-state index contributed by atoms with van der Waals surface area (Å²) >= 11 is 0. The van der Waals surface area contributed by atoms with E-state index in [4.69, 9.17) is 0 Å². The molecule has 0 saturated carbocycles. The van der Waals surface area contributed by atoms with Gasteiger partial charge in [0.15, 0.2) is 7.14 Å². The topological polar surface area (TPSA) is 17.1 Å². The molecule has 0 aliphatic carbocycles. The van der Waals surface area contributed by atoms with Crippen LogP contribution in [0.15, 0.2) is 113 Å². The van der Waals surface area contributed by atoms with Crippen LogP contribution in [-0.2, 0) is 4.57 Å². The number of allylic oxidation sites excluding steroid dienone is 4. The molecule has 0 spiro atoms. The normalized spacial score (nSPS) is 11.7. The van der Waals surface area contributed by atoms with Gasteiger partial charge in [-0.2, -0.15) is 0 Å². The van der Waals surface area contributed by atoms with Crippen molar-refractivity contribution in [1.82, 2.24) is 0 Å². The average Bonchev–Trinajstić information content (AvgIpc) is 2.79. The second kappa shape index (κ2) is 9.62. The fourth-order valence-corrected chi connectivity index (χ4v) is 6.64. The largest absolute Gasteiger partial charge is 0.309 e. The number of rotatable bonds is 4. The Morgan fingerprint density at radius 1 is 0.667 bits per heavy atom. The van der Waals surface area contributed by atoms with Gasteiger partial charge in [-0.25, -0.2) is 0 Å². The predicted octanol–water partition coefficient (Wildman–Crippen LogP) is 6.68. The van der Waals surface area contributed by atoms with Crippen LogP contribution in [0.5, 0.6) is 0 Å². The van der Waals surface area contributed by atoms with Crippen molar-refractivity contribution in [3.05, 3.63) is 119 Å². The van der Waals surface area contributed by atoms with Gasteiger partial charge in [0.1, 0.15) is 0 Å². The highest BCUT2D eigenvalue weighted by atomic mass is 31.2. The molecular weight excluding hydrogens is 383 g/mol. The van der Waals surface area contributed by atoms with Gasteiger partial charge in [-0.1, -0.05) is 96.3 Å². The summed E-state index contributed by atoms with van der Waals surface area (Å²) in [6, 6.07) is 29.5. The van der Waals surface area contributed by atoms with Crippen molar-refractivity contribution in [3.63, 3.8) is 0 Å². The maximum absolute atomic E-state index is 15.0. The van der Waals surface area contributed by atoms with E-state index in [1.165, 1.54) is 0 Å². The van der Waals surface area contributed by atoms with Crippen molar-refractivity contribution < 1.29 is 4.57 Å². The molecule has 0 amide bonds. The van der Waals surface area contributed by atoms with E-state index in [0.717, 1.165) is 38.2 Å². The van der Waals surface area contributed by atoms with Gasteiger partial charge in [-0.15, -0.1) is 0 Å². The third-order valence-corrected chi connectivity index (χ3v) is 8.53. The lowest BCUT2D eigenvalue weighted by Gasteiger charge is -2.25. The minimum atomic E-state index is -3.10. The molecule has 0 bridgehead atoms. The van der Waals surface area contributed by atoms with Crippen molar-refractivity contribution in [2.75, 3.05) is 0 Å². The van der Waals surface area contributed by atoms with E-state index in [9.17, 15) is 4.57 Å². The molecule has 0 N–H and O–H groups in total. The smallest absolute Gasteiger partial charge is 0.172 e. The van der Waals surface area contributed by atoms with Crippen LogP contribution in [0.1, 0.15) is 33.3 Å². The molecule has 3 aromatic carbocycles. The summed E-state index contributed by atoms with van der Waals surface area (Å²) < 4.78 is 15.0. The maximum Gasteiger partial charge on any atom is 0.172 e. The van der Waals surface area contributed by atoms with Gasteiger partial charge < -0.3 is 4.57 Å². The monoisotopic (exact) mass is 410 g/mol. The van der Waals surface area contributed by atoms with Crippen molar-refractivity contribution in [2.24, 2.45) is 0 Å². The number of benzene rings is 3. The zero-order valence-electron chi connectivity index (χ0n) is 18.0. The molecule has 1 nitrogen and oxygen atoms in total. The molecule has 0 unspecified atom stereocenters. The Labute approximate surface area is 180 Å². The van der Waals surface area contributed by atoms with Crippen LogP contribution in [0, 0.1) is 11.8 Å². The van der Waals surface area contributed by atoms with Crippen LogP contribution in [0.3, 0.4) is 0 Å². The Hall–Kier alpha value is -3.07. The van der Waals surface area contributed by atoms with Gasteiger partial charge in [0.25, 0.3) is 0 Å².